The lowest BCUT2D eigenvalue weighted by Gasteiger charge is -2.30. The van der Waals surface area contributed by atoms with Crippen molar-refractivity contribution in [3.8, 4) is 0 Å². The predicted molar refractivity (Wildman–Crippen MR) is 84.4 cm³/mol. The van der Waals surface area contributed by atoms with Crippen molar-refractivity contribution < 1.29 is 4.79 Å². The molecular formula is C14H21Cl2N3O. The van der Waals surface area contributed by atoms with Crippen LogP contribution in [0.5, 0.6) is 0 Å². The number of halogens is 2. The Labute approximate surface area is 131 Å². The van der Waals surface area contributed by atoms with E-state index in [0.717, 1.165) is 18.5 Å². The zero-order valence-corrected chi connectivity index (χ0v) is 13.3. The largest absolute Gasteiger partial charge is 0.326 e. The topological polar surface area (TPSA) is 49.6 Å². The summed E-state index contributed by atoms with van der Waals surface area (Å²) < 4.78 is 0. The third-order valence-electron chi connectivity index (χ3n) is 3.59. The summed E-state index contributed by atoms with van der Waals surface area (Å²) in [4.78, 5) is 12.6. The van der Waals surface area contributed by atoms with Crippen molar-refractivity contribution in [2.75, 3.05) is 20.6 Å². The summed E-state index contributed by atoms with van der Waals surface area (Å²) in [6.45, 7) is 0.824. The van der Waals surface area contributed by atoms with Gasteiger partial charge in [0.15, 0.2) is 5.78 Å². The molecule has 1 fully saturated rings. The Balaban J connectivity index is 0.00000200. The minimum Gasteiger partial charge on any atom is -0.326 e. The van der Waals surface area contributed by atoms with Gasteiger partial charge in [0, 0.05) is 38.1 Å². The van der Waals surface area contributed by atoms with Crippen LogP contribution in [0.2, 0.25) is 0 Å². The molecule has 2 unspecified atom stereocenters. The molecular weight excluding hydrogens is 297 g/mol. The van der Waals surface area contributed by atoms with Gasteiger partial charge < -0.3 is 5.73 Å². The normalized spacial score (nSPS) is 22.9. The number of hydrogen-bond donors (Lipinski definition) is 1. The molecule has 2 N–H and O–H groups in total. The highest BCUT2D eigenvalue weighted by Crippen LogP contribution is 2.21. The molecule has 1 saturated heterocycles. The van der Waals surface area contributed by atoms with Crippen LogP contribution < -0.4 is 5.73 Å². The van der Waals surface area contributed by atoms with Crippen molar-refractivity contribution in [1.29, 1.82) is 0 Å². The average Bonchev–Trinajstić information content (AvgIpc) is 2.80. The first-order valence-electron chi connectivity index (χ1n) is 6.43. The zero-order valence-electron chi connectivity index (χ0n) is 11.8. The second-order valence-corrected chi connectivity index (χ2v) is 5.37. The van der Waals surface area contributed by atoms with Crippen LogP contribution in [0.4, 0.5) is 0 Å². The lowest BCUT2D eigenvalue weighted by Crippen LogP contribution is -2.50. The molecule has 0 radical (unpaired) electrons. The molecule has 20 heavy (non-hydrogen) atoms. The minimum atomic E-state index is -0.267. The molecule has 6 heteroatoms. The molecule has 0 amide bonds. The highest BCUT2D eigenvalue weighted by atomic mass is 35.5. The highest BCUT2D eigenvalue weighted by Gasteiger charge is 2.38. The molecule has 0 aromatic heterocycles. The van der Waals surface area contributed by atoms with Gasteiger partial charge in [0.2, 0.25) is 0 Å². The van der Waals surface area contributed by atoms with Gasteiger partial charge in [-0.2, -0.15) is 0 Å². The van der Waals surface area contributed by atoms with Crippen molar-refractivity contribution in [3.63, 3.8) is 0 Å². The number of nitrogens with zero attached hydrogens (tertiary/aromatic N) is 2. The lowest BCUT2D eigenvalue weighted by molar-refractivity contribution is 0.0122. The van der Waals surface area contributed by atoms with Crippen molar-refractivity contribution in [2.24, 2.45) is 5.73 Å². The van der Waals surface area contributed by atoms with Gasteiger partial charge in [0.05, 0.1) is 0 Å². The third kappa shape index (κ3) is 3.51. The van der Waals surface area contributed by atoms with E-state index in [1.165, 1.54) is 0 Å². The predicted octanol–water partition coefficient (Wildman–Crippen LogP) is 1.91. The standard InChI is InChI=1S/C14H20ClN3O.ClH/c1-17(2)18-8-7-12(16)13(18)14(19)11-5-3-10(9-15)4-6-11;/h3-6,12-13H,7-9,16H2,1-2H3;1H. The van der Waals surface area contributed by atoms with E-state index in [1.54, 1.807) is 0 Å². The maximum absolute atomic E-state index is 12.6. The van der Waals surface area contributed by atoms with E-state index in [4.69, 9.17) is 17.3 Å². The maximum atomic E-state index is 12.6. The van der Waals surface area contributed by atoms with Gasteiger partial charge in [-0.05, 0) is 12.0 Å². The SMILES string of the molecule is CN(C)N1CCC(N)C1C(=O)c1ccc(CCl)cc1.Cl. The van der Waals surface area contributed by atoms with Gasteiger partial charge in [0.25, 0.3) is 0 Å². The van der Waals surface area contributed by atoms with Crippen LogP contribution in [0.25, 0.3) is 0 Å². The molecule has 0 aliphatic carbocycles. The summed E-state index contributed by atoms with van der Waals surface area (Å²) in [7, 11) is 3.88. The fourth-order valence-corrected chi connectivity index (χ4v) is 2.68. The summed E-state index contributed by atoms with van der Waals surface area (Å²) >= 11 is 5.75. The first kappa shape index (κ1) is 17.4. The van der Waals surface area contributed by atoms with E-state index in [2.05, 4.69) is 0 Å². The number of alkyl halides is 1. The Kier molecular flexibility index (Phi) is 6.43. The van der Waals surface area contributed by atoms with Gasteiger partial charge >= 0.3 is 0 Å². The van der Waals surface area contributed by atoms with Gasteiger partial charge in [0.1, 0.15) is 6.04 Å². The average molecular weight is 318 g/mol. The molecule has 1 aromatic rings. The number of rotatable bonds is 4. The van der Waals surface area contributed by atoms with Crippen LogP contribution in [-0.2, 0) is 5.88 Å². The summed E-state index contributed by atoms with van der Waals surface area (Å²) in [6.07, 6.45) is 0.842. The maximum Gasteiger partial charge on any atom is 0.182 e. The Hall–Kier alpha value is -0.650. The molecule has 112 valence electrons. The fourth-order valence-electron chi connectivity index (χ4n) is 2.51. The molecule has 1 aromatic carbocycles. The van der Waals surface area contributed by atoms with Crippen LogP contribution in [0, 0.1) is 0 Å². The molecule has 1 aliphatic heterocycles. The van der Waals surface area contributed by atoms with Gasteiger partial charge in [-0.1, -0.05) is 24.3 Å². The number of hydrazine groups is 1. The third-order valence-corrected chi connectivity index (χ3v) is 3.90. The van der Waals surface area contributed by atoms with Crippen LogP contribution >= 0.6 is 24.0 Å². The Bertz CT molecular complexity index is 450. The minimum absolute atomic E-state index is 0. The van der Waals surface area contributed by atoms with Crippen molar-refractivity contribution in [1.82, 2.24) is 10.0 Å². The number of nitrogens with two attached hydrogens (primary N) is 1. The number of Topliss-reactive ketones (excluding diaryl/α,β-unsaturated/α-hetero) is 1. The summed E-state index contributed by atoms with van der Waals surface area (Å²) in [5.74, 6) is 0.543. The molecule has 2 atom stereocenters. The van der Waals surface area contributed by atoms with E-state index in [-0.39, 0.29) is 30.3 Å². The molecule has 0 saturated carbocycles. The highest BCUT2D eigenvalue weighted by molar-refractivity contribution is 6.17. The Morgan fingerprint density at radius 2 is 2.00 bits per heavy atom. The van der Waals surface area contributed by atoms with Crippen LogP contribution in [0.1, 0.15) is 22.3 Å². The smallest absolute Gasteiger partial charge is 0.182 e. The summed E-state index contributed by atoms with van der Waals surface area (Å²) in [5.41, 5.74) is 7.80. The fraction of sp³-hybridized carbons (Fsp3) is 0.500. The number of carbonyl (C=O) groups excluding carboxylic acids is 1. The van der Waals surface area contributed by atoms with E-state index < -0.39 is 0 Å². The molecule has 1 heterocycles. The van der Waals surface area contributed by atoms with Crippen LogP contribution in [0.15, 0.2) is 24.3 Å². The first-order valence-corrected chi connectivity index (χ1v) is 6.96. The van der Waals surface area contributed by atoms with E-state index >= 15 is 0 Å². The molecule has 0 spiro atoms. The molecule has 2 rings (SSSR count). The quantitative estimate of drug-likeness (QED) is 0.680. The Morgan fingerprint density at radius 3 is 2.50 bits per heavy atom. The lowest BCUT2D eigenvalue weighted by atomic mass is 9.99. The van der Waals surface area contributed by atoms with E-state index in [0.29, 0.717) is 11.4 Å². The van der Waals surface area contributed by atoms with Crippen LogP contribution in [-0.4, -0.2) is 48.5 Å². The zero-order chi connectivity index (χ0) is 14.0. The van der Waals surface area contributed by atoms with Crippen molar-refractivity contribution in [2.45, 2.75) is 24.4 Å². The number of carbonyl (C=O) groups is 1. The molecule has 0 bridgehead atoms. The molecule has 1 aliphatic rings. The number of ketones is 1. The second-order valence-electron chi connectivity index (χ2n) is 5.10. The van der Waals surface area contributed by atoms with E-state index in [1.807, 2.05) is 48.4 Å². The summed E-state index contributed by atoms with van der Waals surface area (Å²) in [6, 6.07) is 7.07. The van der Waals surface area contributed by atoms with Crippen molar-refractivity contribution >= 4 is 29.8 Å². The first-order chi connectivity index (χ1) is 9.04. The monoisotopic (exact) mass is 317 g/mol. The van der Waals surface area contributed by atoms with Gasteiger partial charge in [-0.15, -0.1) is 24.0 Å². The van der Waals surface area contributed by atoms with Crippen molar-refractivity contribution in [3.05, 3.63) is 35.4 Å². The number of hydrogen-bond acceptors (Lipinski definition) is 4. The summed E-state index contributed by atoms with van der Waals surface area (Å²) in [5, 5.41) is 3.98. The number of benzene rings is 1. The molecule has 4 nitrogen and oxygen atoms in total. The van der Waals surface area contributed by atoms with Gasteiger partial charge in [-0.25, -0.2) is 10.0 Å². The Morgan fingerprint density at radius 1 is 1.40 bits per heavy atom. The second kappa shape index (κ2) is 7.38. The van der Waals surface area contributed by atoms with E-state index in [9.17, 15) is 4.79 Å². The van der Waals surface area contributed by atoms with Crippen LogP contribution in [0.3, 0.4) is 0 Å². The van der Waals surface area contributed by atoms with Gasteiger partial charge in [-0.3, -0.25) is 4.79 Å².